The van der Waals surface area contributed by atoms with Crippen LogP contribution in [0.3, 0.4) is 0 Å². The molecule has 0 unspecified atom stereocenters. The molecule has 2 rings (SSSR count). The molecule has 1 saturated heterocycles. The van der Waals surface area contributed by atoms with E-state index >= 15 is 0 Å². The average molecular weight is 248 g/mol. The van der Waals surface area contributed by atoms with Crippen LogP contribution in [0.4, 0.5) is 0 Å². The van der Waals surface area contributed by atoms with Crippen molar-refractivity contribution in [3.8, 4) is 0 Å². The van der Waals surface area contributed by atoms with Gasteiger partial charge in [0.15, 0.2) is 0 Å². The molecule has 98 valence electrons. The van der Waals surface area contributed by atoms with Crippen LogP contribution < -0.4 is 5.73 Å². The van der Waals surface area contributed by atoms with E-state index in [0.29, 0.717) is 26.3 Å². The fourth-order valence-corrected chi connectivity index (χ4v) is 2.13. The van der Waals surface area contributed by atoms with Gasteiger partial charge in [-0.15, -0.1) is 0 Å². The lowest BCUT2D eigenvalue weighted by Crippen LogP contribution is -2.58. The second-order valence-corrected chi connectivity index (χ2v) is 4.94. The Morgan fingerprint density at radius 1 is 1.39 bits per heavy atom. The third-order valence-electron chi connectivity index (χ3n) is 3.53. The summed E-state index contributed by atoms with van der Waals surface area (Å²) in [5, 5.41) is 0. The fraction of sp³-hybridized carbons (Fsp3) is 0.500. The third kappa shape index (κ3) is 2.54. The van der Waals surface area contributed by atoms with Gasteiger partial charge in [-0.2, -0.15) is 0 Å². The Bertz CT molecular complexity index is 396. The lowest BCUT2D eigenvalue weighted by atomic mass is 9.84. The second kappa shape index (κ2) is 5.50. The summed E-state index contributed by atoms with van der Waals surface area (Å²) >= 11 is 0. The van der Waals surface area contributed by atoms with E-state index in [9.17, 15) is 4.79 Å². The fourth-order valence-electron chi connectivity index (χ4n) is 2.13. The number of amides is 1. The van der Waals surface area contributed by atoms with E-state index in [1.165, 1.54) is 5.56 Å². The first-order chi connectivity index (χ1) is 8.68. The molecule has 4 heteroatoms. The van der Waals surface area contributed by atoms with Gasteiger partial charge in [-0.05, 0) is 12.0 Å². The number of hydrogen-bond acceptors (Lipinski definition) is 3. The molecule has 1 aliphatic heterocycles. The van der Waals surface area contributed by atoms with Gasteiger partial charge in [0.2, 0.25) is 5.91 Å². The highest BCUT2D eigenvalue weighted by molar-refractivity contribution is 5.84. The summed E-state index contributed by atoms with van der Waals surface area (Å²) in [5.74, 6) is 0.104. The number of nitrogens with zero attached hydrogens (tertiary/aromatic N) is 1. The molecular formula is C14H20N2O2. The van der Waals surface area contributed by atoms with Gasteiger partial charge in [0.05, 0.1) is 13.2 Å². The Labute approximate surface area is 108 Å². The van der Waals surface area contributed by atoms with E-state index in [1.807, 2.05) is 25.2 Å². The number of ether oxygens (including phenoxy) is 1. The highest BCUT2D eigenvalue weighted by Crippen LogP contribution is 2.28. The number of likely N-dealkylation sites (N-methyl/N-ethyl adjacent to an activating group) is 1. The Morgan fingerprint density at radius 3 is 2.56 bits per heavy atom. The summed E-state index contributed by atoms with van der Waals surface area (Å²) in [6, 6.07) is 10.2. The van der Waals surface area contributed by atoms with Crippen LogP contribution in [-0.4, -0.2) is 44.2 Å². The van der Waals surface area contributed by atoms with Crippen molar-refractivity contribution in [2.24, 2.45) is 11.1 Å². The number of hydrogen-bond donors (Lipinski definition) is 1. The van der Waals surface area contributed by atoms with E-state index in [1.54, 1.807) is 4.90 Å². The monoisotopic (exact) mass is 248 g/mol. The maximum absolute atomic E-state index is 12.3. The number of carbonyl (C=O) groups is 1. The summed E-state index contributed by atoms with van der Waals surface area (Å²) in [6.07, 6.45) is 0.866. The summed E-state index contributed by atoms with van der Waals surface area (Å²) in [6.45, 7) is 1.99. The molecule has 18 heavy (non-hydrogen) atoms. The lowest BCUT2D eigenvalue weighted by Gasteiger charge is -2.41. The van der Waals surface area contributed by atoms with E-state index < -0.39 is 5.41 Å². The maximum atomic E-state index is 12.3. The number of nitrogens with two attached hydrogens (primary N) is 1. The van der Waals surface area contributed by atoms with Crippen LogP contribution in [-0.2, 0) is 16.0 Å². The standard InChI is InChI=1S/C14H20N2O2/c1-16(8-7-12-5-3-2-4-6-12)13(17)14(9-15)10-18-11-14/h2-6H,7-11,15H2,1H3. The van der Waals surface area contributed by atoms with Gasteiger partial charge in [-0.25, -0.2) is 0 Å². The van der Waals surface area contributed by atoms with Crippen molar-refractivity contribution >= 4 is 5.91 Å². The molecule has 0 aliphatic carbocycles. The van der Waals surface area contributed by atoms with E-state index in [4.69, 9.17) is 10.5 Å². The zero-order valence-corrected chi connectivity index (χ0v) is 10.8. The van der Waals surface area contributed by atoms with Gasteiger partial charge < -0.3 is 15.4 Å². The first-order valence-electron chi connectivity index (χ1n) is 6.25. The SMILES string of the molecule is CN(CCc1ccccc1)C(=O)C1(CN)COC1. The Kier molecular flexibility index (Phi) is 3.99. The van der Waals surface area contributed by atoms with Crippen molar-refractivity contribution in [2.45, 2.75) is 6.42 Å². The first kappa shape index (κ1) is 13.1. The van der Waals surface area contributed by atoms with Crippen molar-refractivity contribution in [1.29, 1.82) is 0 Å². The molecule has 1 heterocycles. The second-order valence-electron chi connectivity index (χ2n) is 4.94. The minimum absolute atomic E-state index is 0.104. The number of benzene rings is 1. The smallest absolute Gasteiger partial charge is 0.234 e. The van der Waals surface area contributed by atoms with Crippen LogP contribution >= 0.6 is 0 Å². The van der Waals surface area contributed by atoms with E-state index in [2.05, 4.69) is 12.1 Å². The molecule has 2 N–H and O–H groups in total. The zero-order chi connectivity index (χ0) is 13.0. The molecule has 1 aromatic carbocycles. The highest BCUT2D eigenvalue weighted by Gasteiger charge is 2.46. The molecule has 4 nitrogen and oxygen atoms in total. The molecule has 0 aromatic heterocycles. The molecule has 0 radical (unpaired) electrons. The summed E-state index contributed by atoms with van der Waals surface area (Å²) in [5.41, 5.74) is 6.46. The van der Waals surface area contributed by atoms with Gasteiger partial charge in [0, 0.05) is 20.1 Å². The van der Waals surface area contributed by atoms with Gasteiger partial charge in [-0.3, -0.25) is 4.79 Å². The van der Waals surface area contributed by atoms with E-state index in [-0.39, 0.29) is 5.91 Å². The Morgan fingerprint density at radius 2 is 2.06 bits per heavy atom. The van der Waals surface area contributed by atoms with Crippen LogP contribution in [0.1, 0.15) is 5.56 Å². The van der Waals surface area contributed by atoms with Crippen LogP contribution in [0.25, 0.3) is 0 Å². The summed E-state index contributed by atoms with van der Waals surface area (Å²) in [4.78, 5) is 14.0. The minimum Gasteiger partial charge on any atom is -0.379 e. The van der Waals surface area contributed by atoms with Crippen molar-refractivity contribution < 1.29 is 9.53 Å². The zero-order valence-electron chi connectivity index (χ0n) is 10.8. The lowest BCUT2D eigenvalue weighted by molar-refractivity contribution is -0.169. The van der Waals surface area contributed by atoms with Crippen LogP contribution in [0.5, 0.6) is 0 Å². The van der Waals surface area contributed by atoms with Crippen LogP contribution in [0.2, 0.25) is 0 Å². The normalized spacial score (nSPS) is 17.0. The molecular weight excluding hydrogens is 228 g/mol. The molecule has 1 aromatic rings. The molecule has 1 aliphatic rings. The third-order valence-corrected chi connectivity index (χ3v) is 3.53. The highest BCUT2D eigenvalue weighted by atomic mass is 16.5. The summed E-state index contributed by atoms with van der Waals surface area (Å²) < 4.78 is 5.14. The average Bonchev–Trinajstić information content (AvgIpc) is 2.36. The molecule has 1 fully saturated rings. The predicted octanol–water partition coefficient (Wildman–Crippen LogP) is 0.663. The summed E-state index contributed by atoms with van der Waals surface area (Å²) in [7, 11) is 1.83. The predicted molar refractivity (Wildman–Crippen MR) is 70.1 cm³/mol. The molecule has 0 bridgehead atoms. The van der Waals surface area contributed by atoms with Crippen molar-refractivity contribution in [1.82, 2.24) is 4.90 Å². The first-order valence-corrected chi connectivity index (χ1v) is 6.25. The largest absolute Gasteiger partial charge is 0.379 e. The van der Waals surface area contributed by atoms with Gasteiger partial charge in [-0.1, -0.05) is 30.3 Å². The van der Waals surface area contributed by atoms with Crippen LogP contribution in [0.15, 0.2) is 30.3 Å². The topological polar surface area (TPSA) is 55.6 Å². The van der Waals surface area contributed by atoms with Crippen molar-refractivity contribution in [3.05, 3.63) is 35.9 Å². The van der Waals surface area contributed by atoms with Crippen LogP contribution in [0, 0.1) is 5.41 Å². The minimum atomic E-state index is -0.467. The van der Waals surface area contributed by atoms with Gasteiger partial charge >= 0.3 is 0 Å². The molecule has 1 amide bonds. The molecule has 0 saturated carbocycles. The van der Waals surface area contributed by atoms with Gasteiger partial charge in [0.1, 0.15) is 5.41 Å². The van der Waals surface area contributed by atoms with Gasteiger partial charge in [0.25, 0.3) is 0 Å². The van der Waals surface area contributed by atoms with Crippen molar-refractivity contribution in [2.75, 3.05) is 33.4 Å². The Hall–Kier alpha value is -1.39. The Balaban J connectivity index is 1.88. The van der Waals surface area contributed by atoms with E-state index in [0.717, 1.165) is 6.42 Å². The molecule has 0 atom stereocenters. The molecule has 0 spiro atoms. The number of carbonyl (C=O) groups excluding carboxylic acids is 1. The number of rotatable bonds is 5. The maximum Gasteiger partial charge on any atom is 0.234 e. The quantitative estimate of drug-likeness (QED) is 0.833. The van der Waals surface area contributed by atoms with Crippen molar-refractivity contribution in [3.63, 3.8) is 0 Å².